The Morgan fingerprint density at radius 1 is 1.31 bits per heavy atom. The lowest BCUT2D eigenvalue weighted by Gasteiger charge is -2.23. The van der Waals surface area contributed by atoms with Gasteiger partial charge in [0.1, 0.15) is 12.2 Å². The first kappa shape index (κ1) is 24.7. The number of hydrogen-bond donors (Lipinski definition) is 1. The van der Waals surface area contributed by atoms with Crippen molar-refractivity contribution < 1.29 is 36.0 Å². The molecular weight excluding hydrogens is 461 g/mol. The number of pyridine rings is 1. The van der Waals surface area contributed by atoms with Crippen molar-refractivity contribution in [3.05, 3.63) is 39.7 Å². The number of nitrogen functional groups attached to an aromatic ring is 1. The van der Waals surface area contributed by atoms with E-state index < -0.39 is 68.2 Å². The Balaban J connectivity index is 2.60. The highest BCUT2D eigenvalue weighted by atomic mass is 32.2. The van der Waals surface area contributed by atoms with Gasteiger partial charge in [-0.15, -0.1) is 0 Å². The Bertz CT molecular complexity index is 1120. The van der Waals surface area contributed by atoms with Crippen LogP contribution in [0.25, 0.3) is 0 Å². The van der Waals surface area contributed by atoms with Gasteiger partial charge in [0, 0.05) is 19.0 Å². The highest BCUT2D eigenvalue weighted by molar-refractivity contribution is 7.90. The van der Waals surface area contributed by atoms with Gasteiger partial charge in [-0.2, -0.15) is 23.1 Å². The fourth-order valence-electron chi connectivity index (χ4n) is 2.47. The highest BCUT2D eigenvalue weighted by Crippen LogP contribution is 2.33. The van der Waals surface area contributed by atoms with Gasteiger partial charge < -0.3 is 15.4 Å². The molecule has 0 aliphatic heterocycles. The zero-order chi connectivity index (χ0) is 24.3. The van der Waals surface area contributed by atoms with Crippen LogP contribution in [-0.2, 0) is 32.1 Å². The molecule has 0 atom stereocenters. The summed E-state index contributed by atoms with van der Waals surface area (Å²) in [6.45, 7) is 0.409. The number of carbonyl (C=O) groups excluding carboxylic acids is 1. The molecule has 2 rings (SSSR count). The van der Waals surface area contributed by atoms with Gasteiger partial charge >= 0.3 is 17.8 Å². The Morgan fingerprint density at radius 3 is 2.44 bits per heavy atom. The molecular formula is C16H17F3N6O6S. The molecule has 2 aromatic rings. The third-order valence-electron chi connectivity index (χ3n) is 3.80. The number of esters is 1. The van der Waals surface area contributed by atoms with Crippen LogP contribution in [0.4, 0.5) is 30.5 Å². The molecule has 16 heteroatoms. The number of hydrogen-bond acceptors (Lipinski definition) is 11. The van der Waals surface area contributed by atoms with Crippen LogP contribution in [-0.4, -0.2) is 53.7 Å². The van der Waals surface area contributed by atoms with Gasteiger partial charge in [-0.05, 0) is 18.6 Å². The van der Waals surface area contributed by atoms with E-state index in [2.05, 4.69) is 15.0 Å². The fraction of sp³-hybridized carbons (Fsp3) is 0.375. The molecule has 0 spiro atoms. The number of aromatic nitrogens is 3. The van der Waals surface area contributed by atoms with Gasteiger partial charge in [-0.3, -0.25) is 19.9 Å². The first-order chi connectivity index (χ1) is 14.7. The molecule has 0 saturated carbocycles. The largest absolute Gasteiger partial charge is 0.465 e. The summed E-state index contributed by atoms with van der Waals surface area (Å²) >= 11 is 0. The minimum Gasteiger partial charge on any atom is -0.465 e. The molecule has 0 unspecified atom stereocenters. The molecule has 0 radical (unpaired) electrons. The minimum absolute atomic E-state index is 0.0307. The third-order valence-corrected chi connectivity index (χ3v) is 4.65. The molecule has 0 aliphatic rings. The number of nitrogens with two attached hydrogens (primary N) is 1. The molecule has 0 fully saturated rings. The topological polar surface area (TPSA) is 172 Å². The van der Waals surface area contributed by atoms with Crippen molar-refractivity contribution in [2.45, 2.75) is 24.8 Å². The third kappa shape index (κ3) is 5.99. The van der Waals surface area contributed by atoms with Crippen molar-refractivity contribution in [2.75, 3.05) is 30.0 Å². The van der Waals surface area contributed by atoms with Crippen molar-refractivity contribution in [3.8, 4) is 0 Å². The molecule has 2 N–H and O–H groups in total. The molecule has 12 nitrogen and oxygen atoms in total. The lowest BCUT2D eigenvalue weighted by Crippen LogP contribution is -2.32. The standard InChI is InChI=1S/C16H17F3N6O6S/c1-3-31-11(26)8-24(7-9-4-5-10(21-6-9)16(17,18)19)14-12(25(27)28)13(20)22-15(23-14)32(2,29)30/h4-6H,3,7-8H2,1-2H3,(H2,20,22,23). The number of nitrogens with zero attached hydrogens (tertiary/aromatic N) is 5. The lowest BCUT2D eigenvalue weighted by molar-refractivity contribution is -0.383. The van der Waals surface area contributed by atoms with E-state index in [0.29, 0.717) is 6.07 Å². The zero-order valence-corrected chi connectivity index (χ0v) is 17.5. The number of anilines is 2. The van der Waals surface area contributed by atoms with Crippen molar-refractivity contribution >= 4 is 33.1 Å². The Labute approximate surface area is 179 Å². The van der Waals surface area contributed by atoms with Gasteiger partial charge in [0.2, 0.25) is 21.5 Å². The predicted octanol–water partition coefficient (Wildman–Crippen LogP) is 1.35. The molecule has 2 heterocycles. The Hall–Kier alpha value is -3.56. The van der Waals surface area contributed by atoms with Crippen LogP contribution in [0.5, 0.6) is 0 Å². The second kappa shape index (κ2) is 9.29. The van der Waals surface area contributed by atoms with E-state index in [1.165, 1.54) is 6.92 Å². The van der Waals surface area contributed by atoms with Crippen LogP contribution in [0.2, 0.25) is 0 Å². The second-order valence-electron chi connectivity index (χ2n) is 6.30. The van der Waals surface area contributed by atoms with Gasteiger partial charge in [0.05, 0.1) is 11.5 Å². The summed E-state index contributed by atoms with van der Waals surface area (Å²) in [5.74, 6) is -2.27. The van der Waals surface area contributed by atoms with Crippen LogP contribution >= 0.6 is 0 Å². The SMILES string of the molecule is CCOC(=O)CN(Cc1ccc(C(F)(F)F)nc1)c1nc(S(C)(=O)=O)nc(N)c1[N+](=O)[O-]. The summed E-state index contributed by atoms with van der Waals surface area (Å²) in [5.41, 5.74) is 3.62. The molecule has 32 heavy (non-hydrogen) atoms. The number of nitro groups is 1. The quantitative estimate of drug-likeness (QED) is 0.251. The van der Waals surface area contributed by atoms with Crippen LogP contribution in [0, 0.1) is 10.1 Å². The average molecular weight is 478 g/mol. The maximum atomic E-state index is 12.7. The van der Waals surface area contributed by atoms with E-state index >= 15 is 0 Å². The molecule has 0 aliphatic carbocycles. The normalized spacial score (nSPS) is 11.8. The number of rotatable bonds is 8. The first-order valence-corrected chi connectivity index (χ1v) is 10.6. The molecule has 2 aromatic heterocycles. The van der Waals surface area contributed by atoms with E-state index in [1.807, 2.05) is 0 Å². The highest BCUT2D eigenvalue weighted by Gasteiger charge is 2.33. The van der Waals surface area contributed by atoms with Gasteiger partial charge in [0.25, 0.3) is 5.16 Å². The van der Waals surface area contributed by atoms with Crippen molar-refractivity contribution in [3.63, 3.8) is 0 Å². The minimum atomic E-state index is -4.69. The van der Waals surface area contributed by atoms with Crippen molar-refractivity contribution in [1.82, 2.24) is 15.0 Å². The number of halogens is 3. The zero-order valence-electron chi connectivity index (χ0n) is 16.7. The maximum absolute atomic E-state index is 12.7. The number of alkyl halides is 3. The number of ether oxygens (including phenoxy) is 1. The monoisotopic (exact) mass is 478 g/mol. The van der Waals surface area contributed by atoms with Crippen LogP contribution in [0.1, 0.15) is 18.2 Å². The number of carbonyl (C=O) groups is 1. The van der Waals surface area contributed by atoms with E-state index in [9.17, 15) is 36.5 Å². The average Bonchev–Trinajstić information content (AvgIpc) is 2.65. The summed E-state index contributed by atoms with van der Waals surface area (Å²) in [6, 6.07) is 1.73. The second-order valence-corrected chi connectivity index (χ2v) is 8.21. The van der Waals surface area contributed by atoms with Crippen LogP contribution < -0.4 is 10.6 Å². The van der Waals surface area contributed by atoms with Gasteiger partial charge in [-0.25, -0.2) is 8.42 Å². The predicted molar refractivity (Wildman–Crippen MR) is 103 cm³/mol. The van der Waals surface area contributed by atoms with Crippen molar-refractivity contribution in [2.24, 2.45) is 0 Å². The molecule has 0 saturated heterocycles. The summed E-state index contributed by atoms with van der Waals surface area (Å²) in [5, 5.41) is 10.7. The van der Waals surface area contributed by atoms with Gasteiger partial charge in [-0.1, -0.05) is 6.07 Å². The Morgan fingerprint density at radius 2 is 1.97 bits per heavy atom. The van der Waals surface area contributed by atoms with E-state index in [-0.39, 0.29) is 12.2 Å². The van der Waals surface area contributed by atoms with Crippen LogP contribution in [0.3, 0.4) is 0 Å². The fourth-order valence-corrected chi connectivity index (χ4v) is 2.99. The molecule has 174 valence electrons. The first-order valence-electron chi connectivity index (χ1n) is 8.68. The smallest absolute Gasteiger partial charge is 0.433 e. The van der Waals surface area contributed by atoms with Gasteiger partial charge in [0.15, 0.2) is 0 Å². The summed E-state index contributed by atoms with van der Waals surface area (Å²) in [4.78, 5) is 34.0. The summed E-state index contributed by atoms with van der Waals surface area (Å²) in [6.07, 6.45) is -3.09. The Kier molecular flexibility index (Phi) is 7.17. The molecule has 0 aromatic carbocycles. The molecule has 0 bridgehead atoms. The number of sulfone groups is 1. The lowest BCUT2D eigenvalue weighted by atomic mass is 10.2. The summed E-state index contributed by atoms with van der Waals surface area (Å²) < 4.78 is 66.8. The molecule has 0 amide bonds. The van der Waals surface area contributed by atoms with E-state index in [4.69, 9.17) is 10.5 Å². The van der Waals surface area contributed by atoms with E-state index in [0.717, 1.165) is 23.4 Å². The van der Waals surface area contributed by atoms with E-state index in [1.54, 1.807) is 0 Å². The maximum Gasteiger partial charge on any atom is 0.433 e. The van der Waals surface area contributed by atoms with Crippen molar-refractivity contribution in [1.29, 1.82) is 0 Å². The summed E-state index contributed by atoms with van der Waals surface area (Å²) in [7, 11) is -4.06. The van der Waals surface area contributed by atoms with Crippen LogP contribution in [0.15, 0.2) is 23.5 Å².